The number of piperazine rings is 1. The Kier molecular flexibility index (Phi) is 4.39. The first-order chi connectivity index (χ1) is 6.63. The monoisotopic (exact) mass is 198 g/mol. The van der Waals surface area contributed by atoms with Crippen molar-refractivity contribution in [3.05, 3.63) is 0 Å². The van der Waals surface area contributed by atoms with Gasteiger partial charge in [-0.2, -0.15) is 0 Å². The fourth-order valence-corrected chi connectivity index (χ4v) is 1.73. The van der Waals surface area contributed by atoms with Crippen molar-refractivity contribution in [1.82, 2.24) is 10.2 Å². The lowest BCUT2D eigenvalue weighted by Crippen LogP contribution is -2.51. The number of rotatable bonds is 3. The highest BCUT2D eigenvalue weighted by Crippen LogP contribution is 2.10. The van der Waals surface area contributed by atoms with E-state index in [1.165, 1.54) is 0 Å². The van der Waals surface area contributed by atoms with Gasteiger partial charge in [0.1, 0.15) is 0 Å². The van der Waals surface area contributed by atoms with Crippen LogP contribution >= 0.6 is 0 Å². The molecule has 1 unspecified atom stereocenters. The number of hydrogen-bond donors (Lipinski definition) is 1. The highest BCUT2D eigenvalue weighted by Gasteiger charge is 2.21. The zero-order chi connectivity index (χ0) is 10.6. The van der Waals surface area contributed by atoms with Crippen LogP contribution in [0.5, 0.6) is 0 Å². The van der Waals surface area contributed by atoms with Gasteiger partial charge in [-0.1, -0.05) is 20.3 Å². The molecule has 14 heavy (non-hydrogen) atoms. The van der Waals surface area contributed by atoms with Crippen LogP contribution in [0.3, 0.4) is 0 Å². The van der Waals surface area contributed by atoms with Crippen molar-refractivity contribution in [3.8, 4) is 0 Å². The molecule has 1 amide bonds. The summed E-state index contributed by atoms with van der Waals surface area (Å²) in [6, 6.07) is 0.449. The predicted molar refractivity (Wildman–Crippen MR) is 58.1 cm³/mol. The molecule has 0 aliphatic carbocycles. The van der Waals surface area contributed by atoms with Crippen LogP contribution in [-0.2, 0) is 4.79 Å². The Morgan fingerprint density at radius 1 is 1.64 bits per heavy atom. The van der Waals surface area contributed by atoms with Gasteiger partial charge >= 0.3 is 0 Å². The number of nitrogens with one attached hydrogen (secondary N) is 1. The van der Waals surface area contributed by atoms with Gasteiger partial charge < -0.3 is 10.2 Å². The van der Waals surface area contributed by atoms with Crippen LogP contribution in [0.25, 0.3) is 0 Å². The van der Waals surface area contributed by atoms with Gasteiger partial charge in [0, 0.05) is 32.1 Å². The SMILES string of the molecule is CCC(C)CC(=O)N1CCN[C@H](C)C1. The van der Waals surface area contributed by atoms with E-state index in [1.807, 2.05) is 4.90 Å². The van der Waals surface area contributed by atoms with Crippen LogP contribution in [0.15, 0.2) is 0 Å². The molecule has 1 fully saturated rings. The highest BCUT2D eigenvalue weighted by atomic mass is 16.2. The number of amides is 1. The predicted octanol–water partition coefficient (Wildman–Crippen LogP) is 1.24. The maximum Gasteiger partial charge on any atom is 0.222 e. The lowest BCUT2D eigenvalue weighted by molar-refractivity contribution is -0.133. The molecule has 1 heterocycles. The van der Waals surface area contributed by atoms with E-state index in [0.29, 0.717) is 24.3 Å². The van der Waals surface area contributed by atoms with Crippen LogP contribution in [-0.4, -0.2) is 36.5 Å². The third-order valence-electron chi connectivity index (χ3n) is 2.94. The number of hydrogen-bond acceptors (Lipinski definition) is 2. The average molecular weight is 198 g/mol. The van der Waals surface area contributed by atoms with E-state index in [9.17, 15) is 4.79 Å². The van der Waals surface area contributed by atoms with Crippen molar-refractivity contribution in [3.63, 3.8) is 0 Å². The minimum absolute atomic E-state index is 0.327. The maximum absolute atomic E-state index is 11.8. The fraction of sp³-hybridized carbons (Fsp3) is 0.909. The molecule has 0 aromatic carbocycles. The summed E-state index contributed by atoms with van der Waals surface area (Å²) in [6.07, 6.45) is 1.80. The summed E-state index contributed by atoms with van der Waals surface area (Å²) in [5.41, 5.74) is 0. The number of nitrogens with zero attached hydrogens (tertiary/aromatic N) is 1. The number of carbonyl (C=O) groups is 1. The van der Waals surface area contributed by atoms with Gasteiger partial charge in [-0.05, 0) is 12.8 Å². The van der Waals surface area contributed by atoms with Crippen molar-refractivity contribution in [2.24, 2.45) is 5.92 Å². The van der Waals surface area contributed by atoms with Crippen molar-refractivity contribution in [2.75, 3.05) is 19.6 Å². The van der Waals surface area contributed by atoms with Gasteiger partial charge in [-0.3, -0.25) is 4.79 Å². The molecular weight excluding hydrogens is 176 g/mol. The quantitative estimate of drug-likeness (QED) is 0.740. The number of carbonyl (C=O) groups excluding carboxylic acids is 1. The summed E-state index contributed by atoms with van der Waals surface area (Å²) in [7, 11) is 0. The second-order valence-corrected chi connectivity index (χ2v) is 4.41. The molecule has 3 heteroatoms. The van der Waals surface area contributed by atoms with E-state index < -0.39 is 0 Å². The molecule has 1 aliphatic heterocycles. The maximum atomic E-state index is 11.8. The van der Waals surface area contributed by atoms with Gasteiger partial charge in [0.15, 0.2) is 0 Å². The van der Waals surface area contributed by atoms with Crippen LogP contribution < -0.4 is 5.32 Å². The van der Waals surface area contributed by atoms with E-state index in [0.717, 1.165) is 26.1 Å². The molecule has 0 spiro atoms. The van der Waals surface area contributed by atoms with Gasteiger partial charge in [-0.15, -0.1) is 0 Å². The fourth-order valence-electron chi connectivity index (χ4n) is 1.73. The zero-order valence-corrected chi connectivity index (χ0v) is 9.55. The molecule has 1 saturated heterocycles. The summed E-state index contributed by atoms with van der Waals surface area (Å²) >= 11 is 0. The smallest absolute Gasteiger partial charge is 0.222 e. The van der Waals surface area contributed by atoms with Crippen molar-refractivity contribution in [1.29, 1.82) is 0 Å². The summed E-state index contributed by atoms with van der Waals surface area (Å²) in [5, 5.41) is 3.34. The van der Waals surface area contributed by atoms with E-state index in [4.69, 9.17) is 0 Å². The Bertz CT molecular complexity index is 194. The second-order valence-electron chi connectivity index (χ2n) is 4.41. The Hall–Kier alpha value is -0.570. The summed E-state index contributed by atoms with van der Waals surface area (Å²) in [5.74, 6) is 0.848. The molecule has 1 aliphatic rings. The summed E-state index contributed by atoms with van der Waals surface area (Å²) < 4.78 is 0. The molecule has 3 nitrogen and oxygen atoms in total. The molecule has 0 saturated carbocycles. The summed E-state index contributed by atoms with van der Waals surface area (Å²) in [4.78, 5) is 13.8. The third kappa shape index (κ3) is 3.29. The summed E-state index contributed by atoms with van der Waals surface area (Å²) in [6.45, 7) is 9.09. The Balaban J connectivity index is 2.36. The lowest BCUT2D eigenvalue weighted by atomic mass is 10.0. The van der Waals surface area contributed by atoms with Crippen molar-refractivity contribution < 1.29 is 4.79 Å². The van der Waals surface area contributed by atoms with Gasteiger partial charge in [-0.25, -0.2) is 0 Å². The van der Waals surface area contributed by atoms with Gasteiger partial charge in [0.2, 0.25) is 5.91 Å². The van der Waals surface area contributed by atoms with Crippen LogP contribution in [0.1, 0.15) is 33.6 Å². The molecule has 2 atom stereocenters. The van der Waals surface area contributed by atoms with Crippen molar-refractivity contribution in [2.45, 2.75) is 39.7 Å². The molecule has 1 N–H and O–H groups in total. The second kappa shape index (κ2) is 5.35. The molecule has 0 radical (unpaired) electrons. The first-order valence-corrected chi connectivity index (χ1v) is 5.64. The Morgan fingerprint density at radius 2 is 2.36 bits per heavy atom. The third-order valence-corrected chi connectivity index (χ3v) is 2.94. The molecule has 0 aromatic rings. The Morgan fingerprint density at radius 3 is 2.93 bits per heavy atom. The molecule has 0 aromatic heterocycles. The van der Waals surface area contributed by atoms with E-state index in [-0.39, 0.29) is 0 Å². The van der Waals surface area contributed by atoms with Crippen molar-refractivity contribution >= 4 is 5.91 Å². The minimum atomic E-state index is 0.327. The minimum Gasteiger partial charge on any atom is -0.340 e. The first-order valence-electron chi connectivity index (χ1n) is 5.64. The average Bonchev–Trinajstić information content (AvgIpc) is 2.17. The van der Waals surface area contributed by atoms with E-state index >= 15 is 0 Å². The van der Waals surface area contributed by atoms with Gasteiger partial charge in [0.25, 0.3) is 0 Å². The zero-order valence-electron chi connectivity index (χ0n) is 9.55. The van der Waals surface area contributed by atoms with E-state index in [2.05, 4.69) is 26.1 Å². The normalized spacial score (nSPS) is 24.8. The van der Waals surface area contributed by atoms with Crippen LogP contribution in [0.2, 0.25) is 0 Å². The topological polar surface area (TPSA) is 32.3 Å². The lowest BCUT2D eigenvalue weighted by Gasteiger charge is -2.32. The molecule has 0 bridgehead atoms. The molecule has 82 valence electrons. The van der Waals surface area contributed by atoms with Gasteiger partial charge in [0.05, 0.1) is 0 Å². The first kappa shape index (κ1) is 11.5. The highest BCUT2D eigenvalue weighted by molar-refractivity contribution is 5.76. The largest absolute Gasteiger partial charge is 0.340 e. The molecule has 1 rings (SSSR count). The van der Waals surface area contributed by atoms with E-state index in [1.54, 1.807) is 0 Å². The van der Waals surface area contributed by atoms with Crippen LogP contribution in [0, 0.1) is 5.92 Å². The Labute approximate surface area is 86.9 Å². The van der Waals surface area contributed by atoms with Crippen LogP contribution in [0.4, 0.5) is 0 Å². The standard InChI is InChI=1S/C11H22N2O/c1-4-9(2)7-11(14)13-6-5-12-10(3)8-13/h9-10,12H,4-8H2,1-3H3/t9?,10-/m1/s1. The molecular formula is C11H22N2O.